The molecule has 3 aromatic rings. The van der Waals surface area contributed by atoms with Crippen LogP contribution in [0.5, 0.6) is 0 Å². The van der Waals surface area contributed by atoms with Gasteiger partial charge in [0.25, 0.3) is 0 Å². The molecule has 2 aromatic carbocycles. The maximum atomic E-state index is 13.3. The van der Waals surface area contributed by atoms with Gasteiger partial charge in [0.1, 0.15) is 5.82 Å². The molecule has 1 aliphatic rings. The Labute approximate surface area is 191 Å². The summed E-state index contributed by atoms with van der Waals surface area (Å²) < 4.78 is 84.9. The van der Waals surface area contributed by atoms with Crippen molar-refractivity contribution in [1.82, 2.24) is 14.5 Å². The van der Waals surface area contributed by atoms with Gasteiger partial charge in [-0.15, -0.1) is 5.10 Å². The summed E-state index contributed by atoms with van der Waals surface area (Å²) >= 11 is 0. The number of benzene rings is 2. The van der Waals surface area contributed by atoms with Gasteiger partial charge in [-0.25, -0.2) is 12.8 Å². The molecule has 1 N–H and O–H groups in total. The van der Waals surface area contributed by atoms with Crippen LogP contribution in [0, 0.1) is 11.7 Å². The van der Waals surface area contributed by atoms with E-state index >= 15 is 0 Å². The van der Waals surface area contributed by atoms with Crippen molar-refractivity contribution < 1.29 is 35.2 Å². The van der Waals surface area contributed by atoms with Gasteiger partial charge in [0.05, 0.1) is 10.5 Å². The zero-order chi connectivity index (χ0) is 24.5. The topological polar surface area (TPSA) is 105 Å². The van der Waals surface area contributed by atoms with E-state index in [-0.39, 0.29) is 37.8 Å². The van der Waals surface area contributed by atoms with Crippen molar-refractivity contribution in [3.05, 3.63) is 59.9 Å². The van der Waals surface area contributed by atoms with E-state index in [0.29, 0.717) is 5.56 Å². The molecule has 4 rings (SSSR count). The van der Waals surface area contributed by atoms with Crippen LogP contribution in [0.3, 0.4) is 0 Å². The lowest BCUT2D eigenvalue weighted by Gasteiger charge is -2.30. The summed E-state index contributed by atoms with van der Waals surface area (Å²) in [5.41, 5.74) is -0.782. The number of sulfonamides is 1. The highest BCUT2D eigenvalue weighted by Gasteiger charge is 2.40. The van der Waals surface area contributed by atoms with Crippen LogP contribution in [0.2, 0.25) is 0 Å². The Morgan fingerprint density at radius 2 is 1.68 bits per heavy atom. The van der Waals surface area contributed by atoms with Gasteiger partial charge in [-0.3, -0.25) is 10.1 Å². The maximum Gasteiger partial charge on any atom is 0.417 e. The Morgan fingerprint density at radius 1 is 1.03 bits per heavy atom. The fraction of sp³-hybridized carbons (Fsp3) is 0.286. The van der Waals surface area contributed by atoms with Crippen molar-refractivity contribution in [2.24, 2.45) is 5.92 Å². The molecular formula is C21H18F4N4O4S. The number of aromatic nitrogens is 2. The first kappa shape index (κ1) is 23.8. The molecule has 1 aromatic heterocycles. The van der Waals surface area contributed by atoms with E-state index in [0.717, 1.165) is 22.5 Å². The third kappa shape index (κ3) is 4.94. The molecule has 8 nitrogen and oxygen atoms in total. The minimum absolute atomic E-state index is 0.0690. The highest BCUT2D eigenvalue weighted by atomic mass is 32.2. The van der Waals surface area contributed by atoms with Gasteiger partial charge in [0, 0.05) is 24.6 Å². The summed E-state index contributed by atoms with van der Waals surface area (Å²) in [5, 5.41) is 9.97. The molecule has 0 atom stereocenters. The first-order valence-electron chi connectivity index (χ1n) is 10.1. The molecule has 34 heavy (non-hydrogen) atoms. The Hall–Kier alpha value is -3.32. The Kier molecular flexibility index (Phi) is 6.41. The summed E-state index contributed by atoms with van der Waals surface area (Å²) in [7, 11) is -4.40. The zero-order valence-electron chi connectivity index (χ0n) is 17.4. The van der Waals surface area contributed by atoms with Gasteiger partial charge in [-0.1, -0.05) is 17.2 Å². The average molecular weight is 498 g/mol. The predicted molar refractivity (Wildman–Crippen MR) is 111 cm³/mol. The van der Waals surface area contributed by atoms with Crippen molar-refractivity contribution in [2.45, 2.75) is 23.9 Å². The van der Waals surface area contributed by atoms with Gasteiger partial charge in [0.15, 0.2) is 0 Å². The van der Waals surface area contributed by atoms with E-state index in [1.54, 1.807) is 0 Å². The fourth-order valence-electron chi connectivity index (χ4n) is 3.61. The second-order valence-electron chi connectivity index (χ2n) is 7.58. The maximum absolute atomic E-state index is 13.3. The first-order chi connectivity index (χ1) is 16.1. The highest BCUT2D eigenvalue weighted by molar-refractivity contribution is 7.89. The lowest BCUT2D eigenvalue weighted by atomic mass is 9.97. The van der Waals surface area contributed by atoms with Crippen molar-refractivity contribution >= 4 is 21.9 Å². The number of hydrogen-bond acceptors (Lipinski definition) is 6. The molecule has 0 spiro atoms. The van der Waals surface area contributed by atoms with Crippen LogP contribution >= 0.6 is 0 Å². The Morgan fingerprint density at radius 3 is 2.32 bits per heavy atom. The van der Waals surface area contributed by atoms with Crippen LogP contribution in [0.15, 0.2) is 57.8 Å². The lowest BCUT2D eigenvalue weighted by Crippen LogP contribution is -2.41. The van der Waals surface area contributed by atoms with E-state index in [4.69, 9.17) is 4.42 Å². The van der Waals surface area contributed by atoms with Gasteiger partial charge >= 0.3 is 12.2 Å². The van der Waals surface area contributed by atoms with E-state index in [1.165, 1.54) is 30.3 Å². The molecule has 13 heteroatoms. The van der Waals surface area contributed by atoms with E-state index in [2.05, 4.69) is 15.5 Å². The Balaban J connectivity index is 1.40. The molecule has 180 valence electrons. The quantitative estimate of drug-likeness (QED) is 0.535. The number of hydrogen-bond donors (Lipinski definition) is 1. The largest absolute Gasteiger partial charge is 0.417 e. The third-order valence-corrected chi connectivity index (χ3v) is 7.34. The number of alkyl halides is 3. The van der Waals surface area contributed by atoms with Gasteiger partial charge in [-0.05, 0) is 49.2 Å². The number of halogens is 4. The van der Waals surface area contributed by atoms with Crippen molar-refractivity contribution in [2.75, 3.05) is 18.4 Å². The first-order valence-corrected chi connectivity index (χ1v) is 11.6. The number of carbonyl (C=O) groups is 1. The number of carbonyl (C=O) groups excluding carboxylic acids is 1. The van der Waals surface area contributed by atoms with Crippen LogP contribution in [0.4, 0.5) is 23.6 Å². The highest BCUT2D eigenvalue weighted by Crippen LogP contribution is 2.36. The van der Waals surface area contributed by atoms with Crippen molar-refractivity contribution in [3.63, 3.8) is 0 Å². The number of nitrogens with one attached hydrogen (secondary N) is 1. The van der Waals surface area contributed by atoms with Gasteiger partial charge in [-0.2, -0.15) is 17.5 Å². The standard InChI is InChI=1S/C21H18F4N4O4S/c22-15-7-5-14(6-8-15)19-27-28-20(33-19)26-18(30)13-9-11-29(12-10-13)34(31,32)17-4-2-1-3-16(17)21(23,24)25/h1-8,13H,9-12H2,(H,26,28,30). The van der Waals surface area contributed by atoms with E-state index in [1.807, 2.05) is 0 Å². The molecule has 2 heterocycles. The number of piperidine rings is 1. The molecule has 1 saturated heterocycles. The van der Waals surface area contributed by atoms with Crippen LogP contribution < -0.4 is 5.32 Å². The zero-order valence-corrected chi connectivity index (χ0v) is 18.2. The van der Waals surface area contributed by atoms with Crippen LogP contribution in [-0.2, 0) is 21.0 Å². The summed E-state index contributed by atoms with van der Waals surface area (Å²) in [6.07, 6.45) is -4.63. The molecule has 0 radical (unpaired) electrons. The summed E-state index contributed by atoms with van der Waals surface area (Å²) in [5.74, 6) is -1.46. The molecule has 0 saturated carbocycles. The SMILES string of the molecule is O=C(Nc1nnc(-c2ccc(F)cc2)o1)C1CCN(S(=O)(=O)c2ccccc2C(F)(F)F)CC1. The minimum Gasteiger partial charge on any atom is -0.403 e. The molecule has 0 unspecified atom stereocenters. The Bertz CT molecular complexity index is 1280. The second kappa shape index (κ2) is 9.14. The third-order valence-electron chi connectivity index (χ3n) is 5.38. The molecule has 1 aliphatic heterocycles. The molecule has 1 amide bonds. The lowest BCUT2D eigenvalue weighted by molar-refractivity contribution is -0.139. The summed E-state index contributed by atoms with van der Waals surface area (Å²) in [6.45, 7) is -0.255. The summed E-state index contributed by atoms with van der Waals surface area (Å²) in [6, 6.07) is 9.11. The molecule has 0 aliphatic carbocycles. The van der Waals surface area contributed by atoms with Crippen LogP contribution in [0.25, 0.3) is 11.5 Å². The van der Waals surface area contributed by atoms with Gasteiger partial charge in [0.2, 0.25) is 21.8 Å². The smallest absolute Gasteiger partial charge is 0.403 e. The second-order valence-corrected chi connectivity index (χ2v) is 9.49. The van der Waals surface area contributed by atoms with E-state index in [9.17, 15) is 30.8 Å². The average Bonchev–Trinajstić information content (AvgIpc) is 3.27. The minimum atomic E-state index is -4.82. The molecular weight excluding hydrogens is 480 g/mol. The monoisotopic (exact) mass is 498 g/mol. The van der Waals surface area contributed by atoms with Gasteiger partial charge < -0.3 is 4.42 Å². The van der Waals surface area contributed by atoms with Crippen molar-refractivity contribution in [3.8, 4) is 11.5 Å². The van der Waals surface area contributed by atoms with E-state index < -0.39 is 44.3 Å². The number of amides is 1. The van der Waals surface area contributed by atoms with Crippen LogP contribution in [0.1, 0.15) is 18.4 Å². The molecule has 0 bridgehead atoms. The fourth-order valence-corrected chi connectivity index (χ4v) is 5.30. The number of nitrogens with zero attached hydrogens (tertiary/aromatic N) is 3. The number of rotatable bonds is 5. The van der Waals surface area contributed by atoms with Crippen LogP contribution in [-0.4, -0.2) is 41.9 Å². The summed E-state index contributed by atoms with van der Waals surface area (Å²) in [4.78, 5) is 11.7. The number of anilines is 1. The van der Waals surface area contributed by atoms with Crippen molar-refractivity contribution in [1.29, 1.82) is 0 Å². The normalized spacial score (nSPS) is 15.9. The molecule has 1 fully saturated rings. The predicted octanol–water partition coefficient (Wildman–Crippen LogP) is 3.93.